The summed E-state index contributed by atoms with van der Waals surface area (Å²) in [5.74, 6) is 0.0486. The van der Waals surface area contributed by atoms with Crippen LogP contribution in [-0.4, -0.2) is 31.5 Å². The predicted octanol–water partition coefficient (Wildman–Crippen LogP) is 1.48. The molecule has 0 unspecified atom stereocenters. The molecule has 0 aliphatic heterocycles. The molecule has 1 aromatic rings. The summed E-state index contributed by atoms with van der Waals surface area (Å²) in [5, 5.41) is 5.42. The first kappa shape index (κ1) is 11.5. The van der Waals surface area contributed by atoms with Crippen LogP contribution in [0.1, 0.15) is 6.42 Å². The fraction of sp³-hybridized carbons (Fsp3) is 0.500. The van der Waals surface area contributed by atoms with Gasteiger partial charge in [-0.2, -0.15) is 0 Å². The first-order chi connectivity index (χ1) is 6.63. The van der Waals surface area contributed by atoms with Gasteiger partial charge in [-0.05, 0) is 15.9 Å². The maximum atomic E-state index is 11.0. The second-order valence-corrected chi connectivity index (χ2v) is 4.45. The number of hydrogen-bond acceptors (Lipinski definition) is 4. The lowest BCUT2D eigenvalue weighted by Gasteiger charge is -2.14. The number of rotatable bonds is 4. The Labute approximate surface area is 95.5 Å². The number of carbonyl (C=O) groups is 1. The summed E-state index contributed by atoms with van der Waals surface area (Å²) in [6.07, 6.45) is 0.490. The van der Waals surface area contributed by atoms with Crippen LogP contribution in [0.5, 0.6) is 0 Å². The summed E-state index contributed by atoms with van der Waals surface area (Å²) >= 11 is 4.84. The van der Waals surface area contributed by atoms with Crippen LogP contribution in [0.15, 0.2) is 9.98 Å². The van der Waals surface area contributed by atoms with Gasteiger partial charge in [0, 0.05) is 32.4 Å². The molecular formula is C8H12BrN3OS. The first-order valence-corrected chi connectivity index (χ1v) is 5.83. The van der Waals surface area contributed by atoms with E-state index in [0.29, 0.717) is 13.0 Å². The SMILES string of the molecule is CNC(=O)CCN(C)c1nc(Br)cs1. The number of nitrogens with zero attached hydrogens (tertiary/aromatic N) is 2. The highest BCUT2D eigenvalue weighted by molar-refractivity contribution is 9.10. The molecular weight excluding hydrogens is 266 g/mol. The van der Waals surface area contributed by atoms with E-state index in [4.69, 9.17) is 0 Å². The molecule has 1 heterocycles. The van der Waals surface area contributed by atoms with Crippen molar-refractivity contribution in [3.63, 3.8) is 0 Å². The zero-order valence-corrected chi connectivity index (χ0v) is 10.5. The van der Waals surface area contributed by atoms with Crippen LogP contribution in [-0.2, 0) is 4.79 Å². The van der Waals surface area contributed by atoms with Crippen molar-refractivity contribution < 1.29 is 4.79 Å². The molecule has 0 saturated carbocycles. The van der Waals surface area contributed by atoms with Crippen molar-refractivity contribution in [2.45, 2.75) is 6.42 Å². The summed E-state index contributed by atoms with van der Waals surface area (Å²) in [4.78, 5) is 17.2. The molecule has 0 atom stereocenters. The number of halogens is 1. The van der Waals surface area contributed by atoms with E-state index in [1.807, 2.05) is 17.3 Å². The van der Waals surface area contributed by atoms with E-state index in [9.17, 15) is 4.79 Å². The maximum Gasteiger partial charge on any atom is 0.221 e. The van der Waals surface area contributed by atoms with Gasteiger partial charge in [0.25, 0.3) is 0 Å². The minimum absolute atomic E-state index is 0.0486. The Hall–Kier alpha value is -0.620. The Morgan fingerprint density at radius 3 is 3.00 bits per heavy atom. The molecule has 6 heteroatoms. The molecule has 0 aliphatic rings. The van der Waals surface area contributed by atoms with Gasteiger partial charge >= 0.3 is 0 Å². The summed E-state index contributed by atoms with van der Waals surface area (Å²) in [6, 6.07) is 0. The van der Waals surface area contributed by atoms with Crippen molar-refractivity contribution in [1.29, 1.82) is 0 Å². The van der Waals surface area contributed by atoms with Crippen LogP contribution in [0.2, 0.25) is 0 Å². The van der Waals surface area contributed by atoms with E-state index in [-0.39, 0.29) is 5.91 Å². The Morgan fingerprint density at radius 2 is 2.50 bits per heavy atom. The van der Waals surface area contributed by atoms with Crippen LogP contribution in [0.3, 0.4) is 0 Å². The minimum Gasteiger partial charge on any atom is -0.359 e. The van der Waals surface area contributed by atoms with E-state index in [0.717, 1.165) is 9.73 Å². The lowest BCUT2D eigenvalue weighted by atomic mass is 10.4. The molecule has 1 rings (SSSR count). The van der Waals surface area contributed by atoms with Crippen molar-refractivity contribution in [3.8, 4) is 0 Å². The highest BCUT2D eigenvalue weighted by Crippen LogP contribution is 2.22. The number of carbonyl (C=O) groups excluding carboxylic acids is 1. The second-order valence-electron chi connectivity index (χ2n) is 2.80. The quantitative estimate of drug-likeness (QED) is 0.907. The summed E-state index contributed by atoms with van der Waals surface area (Å²) in [6.45, 7) is 0.680. The summed E-state index contributed by atoms with van der Waals surface area (Å²) < 4.78 is 0.837. The molecule has 0 aromatic carbocycles. The van der Waals surface area contributed by atoms with Crippen molar-refractivity contribution in [2.75, 3.05) is 25.5 Å². The molecule has 14 heavy (non-hydrogen) atoms. The molecule has 1 aromatic heterocycles. The van der Waals surface area contributed by atoms with Gasteiger partial charge in [0.15, 0.2) is 5.13 Å². The molecule has 0 saturated heterocycles. The van der Waals surface area contributed by atoms with Gasteiger partial charge in [0.05, 0.1) is 0 Å². The molecule has 0 spiro atoms. The zero-order chi connectivity index (χ0) is 10.6. The normalized spacial score (nSPS) is 9.93. The third kappa shape index (κ3) is 3.26. The van der Waals surface area contributed by atoms with E-state index in [2.05, 4.69) is 26.2 Å². The van der Waals surface area contributed by atoms with Crippen molar-refractivity contribution in [1.82, 2.24) is 10.3 Å². The maximum absolute atomic E-state index is 11.0. The minimum atomic E-state index is 0.0486. The standard InChI is InChI=1S/C8H12BrN3OS/c1-10-7(13)3-4-12(2)8-11-6(9)5-14-8/h5H,3-4H2,1-2H3,(H,10,13). The monoisotopic (exact) mass is 277 g/mol. The average Bonchev–Trinajstić information content (AvgIpc) is 2.60. The van der Waals surface area contributed by atoms with Crippen LogP contribution >= 0.6 is 27.3 Å². The Bertz CT molecular complexity index is 315. The number of nitrogens with one attached hydrogen (secondary N) is 1. The van der Waals surface area contributed by atoms with E-state index >= 15 is 0 Å². The largest absolute Gasteiger partial charge is 0.359 e. The molecule has 0 fully saturated rings. The topological polar surface area (TPSA) is 45.2 Å². The molecule has 78 valence electrons. The van der Waals surface area contributed by atoms with Crippen molar-refractivity contribution in [2.24, 2.45) is 0 Å². The van der Waals surface area contributed by atoms with E-state index in [1.54, 1.807) is 18.4 Å². The molecule has 1 amide bonds. The Morgan fingerprint density at radius 1 is 1.79 bits per heavy atom. The third-order valence-corrected chi connectivity index (χ3v) is 3.41. The molecule has 0 bridgehead atoms. The van der Waals surface area contributed by atoms with E-state index < -0.39 is 0 Å². The smallest absolute Gasteiger partial charge is 0.221 e. The van der Waals surface area contributed by atoms with Gasteiger partial charge in [-0.3, -0.25) is 4.79 Å². The zero-order valence-electron chi connectivity index (χ0n) is 8.08. The fourth-order valence-electron chi connectivity index (χ4n) is 0.911. The average molecular weight is 278 g/mol. The number of anilines is 1. The molecule has 0 aliphatic carbocycles. The molecule has 4 nitrogen and oxygen atoms in total. The highest BCUT2D eigenvalue weighted by atomic mass is 79.9. The van der Waals surface area contributed by atoms with Gasteiger partial charge in [0.2, 0.25) is 5.91 Å². The number of thiazole rings is 1. The second kappa shape index (κ2) is 5.31. The summed E-state index contributed by atoms with van der Waals surface area (Å²) in [7, 11) is 3.57. The van der Waals surface area contributed by atoms with Gasteiger partial charge in [-0.15, -0.1) is 11.3 Å². The van der Waals surface area contributed by atoms with Gasteiger partial charge in [0.1, 0.15) is 4.60 Å². The Kier molecular flexibility index (Phi) is 4.34. The highest BCUT2D eigenvalue weighted by Gasteiger charge is 2.07. The fourth-order valence-corrected chi connectivity index (χ4v) is 2.15. The van der Waals surface area contributed by atoms with Crippen LogP contribution in [0.4, 0.5) is 5.13 Å². The van der Waals surface area contributed by atoms with Gasteiger partial charge < -0.3 is 10.2 Å². The molecule has 1 N–H and O–H groups in total. The number of hydrogen-bond donors (Lipinski definition) is 1. The number of amides is 1. The number of aromatic nitrogens is 1. The molecule has 0 radical (unpaired) electrons. The lowest BCUT2D eigenvalue weighted by Crippen LogP contribution is -2.26. The van der Waals surface area contributed by atoms with E-state index in [1.165, 1.54) is 0 Å². The van der Waals surface area contributed by atoms with Gasteiger partial charge in [-0.1, -0.05) is 0 Å². The predicted molar refractivity (Wildman–Crippen MR) is 61.8 cm³/mol. The third-order valence-electron chi connectivity index (χ3n) is 1.74. The van der Waals surface area contributed by atoms with Gasteiger partial charge in [-0.25, -0.2) is 4.98 Å². The Balaban J connectivity index is 2.42. The van der Waals surface area contributed by atoms with Crippen LogP contribution in [0.25, 0.3) is 0 Å². The van der Waals surface area contributed by atoms with Crippen LogP contribution < -0.4 is 10.2 Å². The van der Waals surface area contributed by atoms with Crippen molar-refractivity contribution >= 4 is 38.3 Å². The summed E-state index contributed by atoms with van der Waals surface area (Å²) in [5.41, 5.74) is 0. The lowest BCUT2D eigenvalue weighted by molar-refractivity contribution is -0.120. The first-order valence-electron chi connectivity index (χ1n) is 4.16. The van der Waals surface area contributed by atoms with Crippen molar-refractivity contribution in [3.05, 3.63) is 9.98 Å². The van der Waals surface area contributed by atoms with Crippen LogP contribution in [0, 0.1) is 0 Å².